The topological polar surface area (TPSA) is 101 Å². The van der Waals surface area contributed by atoms with E-state index in [1.807, 2.05) is 6.08 Å². The fourth-order valence-corrected chi connectivity index (χ4v) is 3.15. The Labute approximate surface area is 139 Å². The minimum absolute atomic E-state index is 0. The van der Waals surface area contributed by atoms with E-state index in [0.717, 1.165) is 24.3 Å². The van der Waals surface area contributed by atoms with Crippen molar-refractivity contribution < 1.29 is 17.7 Å². The average Bonchev–Trinajstić information content (AvgIpc) is 2.48. The maximum Gasteiger partial charge on any atom is 0.276 e. The summed E-state index contributed by atoms with van der Waals surface area (Å²) in [6.07, 6.45) is 2.59. The standard InChI is InChI=1S/C13H16FN3O4S.ClH/c1-9-12(14)6-11(7-13(9)17(18)19)22(20,21)16-8-10-2-4-15-5-3-10;/h2,6-7,15-16H,3-5,8H2,1H3;1H. The molecule has 23 heavy (non-hydrogen) atoms. The van der Waals surface area contributed by atoms with E-state index in [9.17, 15) is 22.9 Å². The molecule has 0 atom stereocenters. The van der Waals surface area contributed by atoms with Gasteiger partial charge in [-0.2, -0.15) is 0 Å². The van der Waals surface area contributed by atoms with Crippen molar-refractivity contribution in [1.29, 1.82) is 0 Å². The number of nitrogens with one attached hydrogen (secondary N) is 2. The summed E-state index contributed by atoms with van der Waals surface area (Å²) >= 11 is 0. The van der Waals surface area contributed by atoms with Crippen molar-refractivity contribution in [3.8, 4) is 0 Å². The number of halogens is 2. The molecule has 0 aliphatic carbocycles. The molecular formula is C13H17ClFN3O4S. The first-order chi connectivity index (χ1) is 10.3. The highest BCUT2D eigenvalue weighted by molar-refractivity contribution is 7.89. The van der Waals surface area contributed by atoms with Crippen molar-refractivity contribution in [2.45, 2.75) is 18.2 Å². The first-order valence-electron chi connectivity index (χ1n) is 6.64. The Hall–Kier alpha value is -1.55. The van der Waals surface area contributed by atoms with Crippen LogP contribution >= 0.6 is 12.4 Å². The summed E-state index contributed by atoms with van der Waals surface area (Å²) in [5, 5.41) is 14.0. The number of nitrogens with zero attached hydrogens (tertiary/aromatic N) is 1. The van der Waals surface area contributed by atoms with Crippen LogP contribution in [0.1, 0.15) is 12.0 Å². The van der Waals surface area contributed by atoms with Gasteiger partial charge in [0.2, 0.25) is 10.0 Å². The van der Waals surface area contributed by atoms with Crippen LogP contribution in [0.5, 0.6) is 0 Å². The highest BCUT2D eigenvalue weighted by Gasteiger charge is 2.23. The molecule has 7 nitrogen and oxygen atoms in total. The quantitative estimate of drug-likeness (QED) is 0.469. The summed E-state index contributed by atoms with van der Waals surface area (Å²) in [6.45, 7) is 2.77. The molecule has 1 heterocycles. The van der Waals surface area contributed by atoms with Gasteiger partial charge in [0.15, 0.2) is 0 Å². The lowest BCUT2D eigenvalue weighted by molar-refractivity contribution is -0.385. The molecule has 2 N–H and O–H groups in total. The van der Waals surface area contributed by atoms with Crippen molar-refractivity contribution in [1.82, 2.24) is 10.0 Å². The van der Waals surface area contributed by atoms with Crippen LogP contribution < -0.4 is 10.0 Å². The molecule has 1 aliphatic rings. The van der Waals surface area contributed by atoms with E-state index < -0.39 is 31.3 Å². The monoisotopic (exact) mass is 365 g/mol. The van der Waals surface area contributed by atoms with E-state index in [0.29, 0.717) is 13.0 Å². The van der Waals surface area contributed by atoms with Gasteiger partial charge in [-0.25, -0.2) is 17.5 Å². The molecule has 128 valence electrons. The van der Waals surface area contributed by atoms with Gasteiger partial charge in [0.1, 0.15) is 5.82 Å². The lowest BCUT2D eigenvalue weighted by atomic mass is 10.1. The zero-order valence-corrected chi connectivity index (χ0v) is 14.0. The molecule has 1 aromatic rings. The summed E-state index contributed by atoms with van der Waals surface area (Å²) in [7, 11) is -4.01. The number of sulfonamides is 1. The zero-order valence-electron chi connectivity index (χ0n) is 12.3. The van der Waals surface area contributed by atoms with Gasteiger partial charge in [-0.1, -0.05) is 11.6 Å². The Morgan fingerprint density at radius 1 is 1.43 bits per heavy atom. The van der Waals surface area contributed by atoms with Gasteiger partial charge in [-0.05, 0) is 26.0 Å². The smallest absolute Gasteiger partial charge is 0.276 e. The van der Waals surface area contributed by atoms with E-state index in [-0.39, 0.29) is 24.5 Å². The summed E-state index contributed by atoms with van der Waals surface area (Å²) in [6, 6.07) is 1.67. The maximum atomic E-state index is 13.7. The summed E-state index contributed by atoms with van der Waals surface area (Å²) in [5.41, 5.74) is 0.177. The molecule has 0 fully saturated rings. The molecule has 1 aromatic carbocycles. The number of nitro groups is 1. The third kappa shape index (κ3) is 4.71. The van der Waals surface area contributed by atoms with Gasteiger partial charge in [0.25, 0.3) is 5.69 Å². The number of rotatable bonds is 5. The van der Waals surface area contributed by atoms with E-state index in [2.05, 4.69) is 10.0 Å². The van der Waals surface area contributed by atoms with Crippen molar-refractivity contribution >= 4 is 28.1 Å². The zero-order chi connectivity index (χ0) is 16.3. The highest BCUT2D eigenvalue weighted by Crippen LogP contribution is 2.25. The molecule has 0 radical (unpaired) electrons. The lowest BCUT2D eigenvalue weighted by Crippen LogP contribution is -2.29. The second kappa shape index (κ2) is 7.82. The fourth-order valence-electron chi connectivity index (χ4n) is 2.09. The molecule has 0 amide bonds. The second-order valence-electron chi connectivity index (χ2n) is 4.95. The Bertz CT molecular complexity index is 737. The van der Waals surface area contributed by atoms with Gasteiger partial charge in [-0.3, -0.25) is 10.1 Å². The van der Waals surface area contributed by atoms with Crippen molar-refractivity contribution in [3.05, 3.63) is 45.3 Å². The summed E-state index contributed by atoms with van der Waals surface area (Å²) in [5.74, 6) is -0.921. The Morgan fingerprint density at radius 2 is 2.13 bits per heavy atom. The fraction of sp³-hybridized carbons (Fsp3) is 0.385. The van der Waals surface area contributed by atoms with Gasteiger partial charge in [-0.15, -0.1) is 12.4 Å². The lowest BCUT2D eigenvalue weighted by Gasteiger charge is -2.15. The number of hydrogen-bond donors (Lipinski definition) is 2. The minimum atomic E-state index is -4.01. The van der Waals surface area contributed by atoms with Crippen LogP contribution in [0.4, 0.5) is 10.1 Å². The molecule has 0 saturated heterocycles. The molecular weight excluding hydrogens is 349 g/mol. The average molecular weight is 366 g/mol. The Kier molecular flexibility index (Phi) is 6.63. The second-order valence-corrected chi connectivity index (χ2v) is 6.71. The van der Waals surface area contributed by atoms with Gasteiger partial charge in [0.05, 0.1) is 15.4 Å². The maximum absolute atomic E-state index is 13.7. The van der Waals surface area contributed by atoms with Crippen molar-refractivity contribution in [2.75, 3.05) is 19.6 Å². The highest BCUT2D eigenvalue weighted by atomic mass is 35.5. The van der Waals surface area contributed by atoms with Crippen LogP contribution in [-0.4, -0.2) is 33.0 Å². The normalized spacial score (nSPS) is 14.8. The van der Waals surface area contributed by atoms with Crippen LogP contribution in [0.25, 0.3) is 0 Å². The van der Waals surface area contributed by atoms with Gasteiger partial charge < -0.3 is 5.32 Å². The van der Waals surface area contributed by atoms with Crippen LogP contribution in [0.15, 0.2) is 28.7 Å². The molecule has 0 saturated carbocycles. The predicted octanol–water partition coefficient (Wildman–Crippen LogP) is 1.66. The molecule has 0 aromatic heterocycles. The minimum Gasteiger partial charge on any atom is -0.313 e. The van der Waals surface area contributed by atoms with Gasteiger partial charge >= 0.3 is 0 Å². The first-order valence-corrected chi connectivity index (χ1v) is 8.12. The SMILES string of the molecule is Cc1c(F)cc(S(=O)(=O)NCC2=CCNCC2)cc1[N+](=O)[O-].Cl. The van der Waals surface area contributed by atoms with Gasteiger partial charge in [0, 0.05) is 19.2 Å². The molecule has 0 bridgehead atoms. The van der Waals surface area contributed by atoms with Crippen LogP contribution in [0.3, 0.4) is 0 Å². The number of hydrogen-bond acceptors (Lipinski definition) is 5. The van der Waals surface area contributed by atoms with E-state index in [4.69, 9.17) is 0 Å². The first kappa shape index (κ1) is 19.5. The largest absolute Gasteiger partial charge is 0.313 e. The summed E-state index contributed by atoms with van der Waals surface area (Å²) in [4.78, 5) is 9.62. The van der Waals surface area contributed by atoms with E-state index in [1.165, 1.54) is 6.92 Å². The Morgan fingerprint density at radius 3 is 2.70 bits per heavy atom. The summed E-state index contributed by atoms with van der Waals surface area (Å²) < 4.78 is 40.4. The van der Waals surface area contributed by atoms with E-state index >= 15 is 0 Å². The third-order valence-electron chi connectivity index (χ3n) is 3.44. The molecule has 10 heteroatoms. The van der Waals surface area contributed by atoms with E-state index in [1.54, 1.807) is 0 Å². The molecule has 1 aliphatic heterocycles. The van der Waals surface area contributed by atoms with Crippen LogP contribution in [0, 0.1) is 22.9 Å². The third-order valence-corrected chi connectivity index (χ3v) is 4.83. The van der Waals surface area contributed by atoms with Crippen LogP contribution in [0.2, 0.25) is 0 Å². The Balaban J connectivity index is 0.00000264. The number of nitro benzene ring substituents is 1. The van der Waals surface area contributed by atoms with Crippen LogP contribution in [-0.2, 0) is 10.0 Å². The van der Waals surface area contributed by atoms with Crippen molar-refractivity contribution in [2.24, 2.45) is 0 Å². The molecule has 0 spiro atoms. The van der Waals surface area contributed by atoms with Crippen molar-refractivity contribution in [3.63, 3.8) is 0 Å². The molecule has 0 unspecified atom stereocenters. The molecule has 2 rings (SSSR count). The predicted molar refractivity (Wildman–Crippen MR) is 85.8 cm³/mol. The number of benzene rings is 1.